The van der Waals surface area contributed by atoms with E-state index in [0.29, 0.717) is 12.1 Å². The molecule has 1 aromatic carbocycles. The van der Waals surface area contributed by atoms with Gasteiger partial charge in [-0.3, -0.25) is 0 Å². The molecule has 0 aliphatic heterocycles. The van der Waals surface area contributed by atoms with Crippen molar-refractivity contribution < 1.29 is 4.39 Å². The van der Waals surface area contributed by atoms with Crippen molar-refractivity contribution in [1.82, 2.24) is 20.3 Å². The van der Waals surface area contributed by atoms with Gasteiger partial charge in [0.15, 0.2) is 0 Å². The lowest BCUT2D eigenvalue weighted by Crippen LogP contribution is -2.11. The minimum Gasteiger partial charge on any atom is -0.314 e. The van der Waals surface area contributed by atoms with E-state index < -0.39 is 0 Å². The lowest BCUT2D eigenvalue weighted by atomic mass is 10.2. The third-order valence-corrected chi connectivity index (χ3v) is 2.36. The summed E-state index contributed by atoms with van der Waals surface area (Å²) in [5.74, 6) is -0.209. The molecule has 16 heavy (non-hydrogen) atoms. The van der Waals surface area contributed by atoms with Gasteiger partial charge in [0.2, 0.25) is 0 Å². The van der Waals surface area contributed by atoms with Crippen molar-refractivity contribution in [2.75, 3.05) is 7.05 Å². The average molecular weight is 220 g/mol. The summed E-state index contributed by atoms with van der Waals surface area (Å²) in [5, 5.41) is 10.9. The number of nitrogens with one attached hydrogen (secondary N) is 1. The Morgan fingerprint density at radius 3 is 2.94 bits per heavy atom. The standard InChI is InChI=1S/C11H13FN4/c1-8-5-9(3-4-11(8)12)16-10(6-13-2)7-14-15-16/h3-5,7,13H,6H2,1-2H3. The Kier molecular flexibility index (Phi) is 2.96. The molecule has 1 N–H and O–H groups in total. The maximum absolute atomic E-state index is 13.1. The Balaban J connectivity index is 2.42. The highest BCUT2D eigenvalue weighted by Crippen LogP contribution is 2.14. The van der Waals surface area contributed by atoms with Crippen molar-refractivity contribution in [1.29, 1.82) is 0 Å². The van der Waals surface area contributed by atoms with Gasteiger partial charge in [-0.1, -0.05) is 5.21 Å². The van der Waals surface area contributed by atoms with Crippen LogP contribution in [0.5, 0.6) is 0 Å². The Labute approximate surface area is 93.1 Å². The smallest absolute Gasteiger partial charge is 0.126 e. The van der Waals surface area contributed by atoms with Gasteiger partial charge < -0.3 is 5.32 Å². The molecule has 0 bridgehead atoms. The fourth-order valence-electron chi connectivity index (χ4n) is 1.54. The maximum Gasteiger partial charge on any atom is 0.126 e. The number of rotatable bonds is 3. The highest BCUT2D eigenvalue weighted by atomic mass is 19.1. The molecule has 0 saturated carbocycles. The highest BCUT2D eigenvalue weighted by molar-refractivity contribution is 5.36. The van der Waals surface area contributed by atoms with Gasteiger partial charge >= 0.3 is 0 Å². The number of hydrogen-bond donors (Lipinski definition) is 1. The zero-order chi connectivity index (χ0) is 11.5. The van der Waals surface area contributed by atoms with Gasteiger partial charge in [-0.05, 0) is 37.7 Å². The van der Waals surface area contributed by atoms with Crippen LogP contribution < -0.4 is 5.32 Å². The Morgan fingerprint density at radius 1 is 1.44 bits per heavy atom. The van der Waals surface area contributed by atoms with Crippen LogP contribution in [0.2, 0.25) is 0 Å². The second-order valence-electron chi connectivity index (χ2n) is 3.60. The number of nitrogens with zero attached hydrogens (tertiary/aromatic N) is 3. The summed E-state index contributed by atoms with van der Waals surface area (Å²) in [6.07, 6.45) is 1.69. The average Bonchev–Trinajstić information content (AvgIpc) is 2.71. The molecule has 4 nitrogen and oxygen atoms in total. The van der Waals surface area contributed by atoms with Crippen LogP contribution in [-0.4, -0.2) is 22.0 Å². The highest BCUT2D eigenvalue weighted by Gasteiger charge is 2.06. The molecule has 0 aliphatic carbocycles. The van der Waals surface area contributed by atoms with Gasteiger partial charge in [0.25, 0.3) is 0 Å². The van der Waals surface area contributed by atoms with Gasteiger partial charge in [-0.25, -0.2) is 9.07 Å². The molecule has 2 rings (SSSR count). The summed E-state index contributed by atoms with van der Waals surface area (Å²) in [6, 6.07) is 4.88. The van der Waals surface area contributed by atoms with E-state index in [9.17, 15) is 4.39 Å². The number of aryl methyl sites for hydroxylation is 1. The first-order valence-corrected chi connectivity index (χ1v) is 5.03. The van der Waals surface area contributed by atoms with E-state index in [0.717, 1.165) is 11.4 Å². The van der Waals surface area contributed by atoms with Gasteiger partial charge in [0, 0.05) is 6.54 Å². The van der Waals surface area contributed by atoms with Crippen LogP contribution >= 0.6 is 0 Å². The van der Waals surface area contributed by atoms with E-state index in [1.807, 2.05) is 7.05 Å². The lowest BCUT2D eigenvalue weighted by Gasteiger charge is -2.06. The fourth-order valence-corrected chi connectivity index (χ4v) is 1.54. The van der Waals surface area contributed by atoms with E-state index in [4.69, 9.17) is 0 Å². The Bertz CT molecular complexity index is 492. The van der Waals surface area contributed by atoms with Crippen molar-refractivity contribution in [3.63, 3.8) is 0 Å². The first kappa shape index (κ1) is 10.8. The van der Waals surface area contributed by atoms with Crippen LogP contribution in [0.3, 0.4) is 0 Å². The summed E-state index contributed by atoms with van der Waals surface area (Å²) in [5.41, 5.74) is 2.36. The summed E-state index contributed by atoms with van der Waals surface area (Å²) >= 11 is 0. The van der Waals surface area contributed by atoms with E-state index in [1.54, 1.807) is 29.9 Å². The van der Waals surface area contributed by atoms with Crippen molar-refractivity contribution in [3.8, 4) is 5.69 Å². The quantitative estimate of drug-likeness (QED) is 0.851. The van der Waals surface area contributed by atoms with Crippen LogP contribution in [-0.2, 0) is 6.54 Å². The zero-order valence-corrected chi connectivity index (χ0v) is 9.24. The van der Waals surface area contributed by atoms with E-state index in [-0.39, 0.29) is 5.82 Å². The normalized spacial score (nSPS) is 10.7. The first-order chi connectivity index (χ1) is 7.72. The van der Waals surface area contributed by atoms with Crippen molar-refractivity contribution in [2.24, 2.45) is 0 Å². The van der Waals surface area contributed by atoms with E-state index in [2.05, 4.69) is 15.6 Å². The molecule has 0 spiro atoms. The lowest BCUT2D eigenvalue weighted by molar-refractivity contribution is 0.616. The fraction of sp³-hybridized carbons (Fsp3) is 0.273. The third-order valence-electron chi connectivity index (χ3n) is 2.36. The number of hydrogen-bond acceptors (Lipinski definition) is 3. The molecule has 1 aromatic heterocycles. The molecule has 0 saturated heterocycles. The topological polar surface area (TPSA) is 42.7 Å². The molecule has 0 fully saturated rings. The molecular weight excluding hydrogens is 207 g/mol. The summed E-state index contributed by atoms with van der Waals surface area (Å²) in [6.45, 7) is 2.40. The van der Waals surface area contributed by atoms with E-state index in [1.165, 1.54) is 6.07 Å². The maximum atomic E-state index is 13.1. The molecule has 1 heterocycles. The molecule has 0 radical (unpaired) electrons. The molecule has 84 valence electrons. The van der Waals surface area contributed by atoms with Crippen LogP contribution in [0.4, 0.5) is 4.39 Å². The van der Waals surface area contributed by atoms with Crippen molar-refractivity contribution >= 4 is 0 Å². The molecular formula is C11H13FN4. The predicted octanol–water partition coefficient (Wildman–Crippen LogP) is 1.43. The van der Waals surface area contributed by atoms with Gasteiger partial charge in [0.1, 0.15) is 5.82 Å². The summed E-state index contributed by atoms with van der Waals surface area (Å²) in [4.78, 5) is 0. The predicted molar refractivity (Wildman–Crippen MR) is 58.8 cm³/mol. The van der Waals surface area contributed by atoms with Crippen molar-refractivity contribution in [2.45, 2.75) is 13.5 Å². The molecule has 0 atom stereocenters. The number of benzene rings is 1. The minimum absolute atomic E-state index is 0.209. The molecule has 0 unspecified atom stereocenters. The monoisotopic (exact) mass is 220 g/mol. The molecule has 2 aromatic rings. The number of aromatic nitrogens is 3. The molecule has 5 heteroatoms. The second kappa shape index (κ2) is 4.40. The Hall–Kier alpha value is -1.75. The van der Waals surface area contributed by atoms with Crippen LogP contribution in [0.1, 0.15) is 11.3 Å². The van der Waals surface area contributed by atoms with Gasteiger partial charge in [-0.15, -0.1) is 5.10 Å². The van der Waals surface area contributed by atoms with Gasteiger partial charge in [0.05, 0.1) is 17.6 Å². The second-order valence-corrected chi connectivity index (χ2v) is 3.60. The number of halogens is 1. The summed E-state index contributed by atoms with van der Waals surface area (Å²) < 4.78 is 14.8. The Morgan fingerprint density at radius 2 is 2.25 bits per heavy atom. The van der Waals surface area contributed by atoms with Crippen LogP contribution in [0.15, 0.2) is 24.4 Å². The third kappa shape index (κ3) is 1.94. The zero-order valence-electron chi connectivity index (χ0n) is 9.24. The van der Waals surface area contributed by atoms with E-state index >= 15 is 0 Å². The summed E-state index contributed by atoms with van der Waals surface area (Å²) in [7, 11) is 1.85. The minimum atomic E-state index is -0.209. The van der Waals surface area contributed by atoms with Crippen molar-refractivity contribution in [3.05, 3.63) is 41.5 Å². The largest absolute Gasteiger partial charge is 0.314 e. The van der Waals surface area contributed by atoms with Crippen LogP contribution in [0, 0.1) is 12.7 Å². The molecule has 0 amide bonds. The molecule has 0 aliphatic rings. The van der Waals surface area contributed by atoms with Gasteiger partial charge in [-0.2, -0.15) is 0 Å². The first-order valence-electron chi connectivity index (χ1n) is 5.03. The van der Waals surface area contributed by atoms with Crippen LogP contribution in [0.25, 0.3) is 5.69 Å². The SMILES string of the molecule is CNCc1cnnn1-c1ccc(F)c(C)c1.